The predicted octanol–water partition coefficient (Wildman–Crippen LogP) is 12.0. The molecule has 1 aromatic heterocycles. The third kappa shape index (κ3) is 4.25. The molecule has 1 aliphatic carbocycles. The molecule has 230 valence electrons. The molecule has 1 nitrogen and oxygen atoms in total. The Labute approximate surface area is 292 Å². The first-order chi connectivity index (χ1) is 24.3. The average molecular weight is 689 g/mol. The van der Waals surface area contributed by atoms with Crippen LogP contribution in [-0.2, 0) is 5.41 Å². The zero-order chi connectivity index (χ0) is 32.4. The molecule has 10 rings (SSSR count). The summed E-state index contributed by atoms with van der Waals surface area (Å²) in [5.41, 5.74) is 10.9. The summed E-state index contributed by atoms with van der Waals surface area (Å²) < 4.78 is 2.98. The second-order valence-electron chi connectivity index (χ2n) is 12.9. The van der Waals surface area contributed by atoms with Gasteiger partial charge in [0.2, 0.25) is 0 Å². The van der Waals surface area contributed by atoms with Crippen molar-refractivity contribution in [3.63, 3.8) is 0 Å². The summed E-state index contributed by atoms with van der Waals surface area (Å²) in [6.45, 7) is 0. The van der Waals surface area contributed by atoms with Crippen LogP contribution in [0.1, 0.15) is 22.3 Å². The van der Waals surface area contributed by atoms with Crippen LogP contribution in [0.3, 0.4) is 0 Å². The van der Waals surface area contributed by atoms with E-state index in [0.717, 1.165) is 17.1 Å². The predicted molar refractivity (Wildman–Crippen MR) is 208 cm³/mol. The Morgan fingerprint density at radius 3 is 1.67 bits per heavy atom. The fourth-order valence-electron chi connectivity index (χ4n) is 8.23. The maximum atomic E-state index is 2.39. The Balaban J connectivity index is 1.14. The van der Waals surface area contributed by atoms with Gasteiger partial charge < -0.3 is 0 Å². The van der Waals surface area contributed by atoms with Gasteiger partial charge in [-0.1, -0.05) is 78.9 Å². The number of hydrogen-bond donors (Lipinski definition) is 0. The molecule has 9 aromatic rings. The molecule has 0 radical (unpaired) electrons. The van der Waals surface area contributed by atoms with E-state index in [-0.39, 0.29) is 0 Å². The van der Waals surface area contributed by atoms with Crippen LogP contribution in [0.4, 0.5) is 17.1 Å². The summed E-state index contributed by atoms with van der Waals surface area (Å²) in [6, 6.07) is 69.5. The molecule has 0 atom stereocenters. The van der Waals surface area contributed by atoms with Crippen LogP contribution < -0.4 is 4.90 Å². The summed E-state index contributed by atoms with van der Waals surface area (Å²) >= 11 is 0.314. The van der Waals surface area contributed by atoms with Crippen molar-refractivity contribution in [1.82, 2.24) is 0 Å². The Kier molecular flexibility index (Phi) is 6.49. The van der Waals surface area contributed by atoms with Crippen molar-refractivity contribution in [1.29, 1.82) is 0 Å². The Hall–Kier alpha value is -5.66. The Bertz CT molecular complexity index is 2610. The number of fused-ring (bicyclic) bond motifs is 8. The molecule has 0 aliphatic heterocycles. The molecule has 0 bridgehead atoms. The van der Waals surface area contributed by atoms with Crippen LogP contribution in [-0.4, -0.2) is 14.5 Å². The topological polar surface area (TPSA) is 3.24 Å². The molecule has 49 heavy (non-hydrogen) atoms. The number of rotatable bonds is 5. The summed E-state index contributed by atoms with van der Waals surface area (Å²) in [4.78, 5) is 2.39. The quantitative estimate of drug-likeness (QED) is 0.163. The van der Waals surface area contributed by atoms with Gasteiger partial charge in [0.05, 0.1) is 0 Å². The van der Waals surface area contributed by atoms with Crippen LogP contribution in [0, 0.1) is 0 Å². The van der Waals surface area contributed by atoms with E-state index in [0.29, 0.717) is 14.5 Å². The van der Waals surface area contributed by atoms with Crippen molar-refractivity contribution in [2.45, 2.75) is 5.41 Å². The van der Waals surface area contributed by atoms with Crippen molar-refractivity contribution in [3.8, 4) is 11.1 Å². The number of nitrogens with zero attached hydrogens (tertiary/aromatic N) is 1. The minimum absolute atomic E-state index is 0.314. The molecule has 0 saturated heterocycles. The van der Waals surface area contributed by atoms with Crippen molar-refractivity contribution in [2.24, 2.45) is 0 Å². The summed E-state index contributed by atoms with van der Waals surface area (Å²) in [7, 11) is 0. The molecular weight excluding hydrogens is 657 g/mol. The number of para-hydroxylation sites is 1. The molecule has 0 amide bonds. The molecule has 0 spiro atoms. The van der Waals surface area contributed by atoms with E-state index in [1.807, 2.05) is 0 Å². The van der Waals surface area contributed by atoms with Crippen LogP contribution in [0.5, 0.6) is 0 Å². The van der Waals surface area contributed by atoms with E-state index >= 15 is 0 Å². The van der Waals surface area contributed by atoms with Crippen LogP contribution in [0.25, 0.3) is 41.2 Å². The van der Waals surface area contributed by atoms with E-state index in [9.17, 15) is 0 Å². The van der Waals surface area contributed by atoms with E-state index in [1.54, 1.807) is 0 Å². The monoisotopic (exact) mass is 689 g/mol. The number of anilines is 3. The van der Waals surface area contributed by atoms with Crippen LogP contribution >= 0.6 is 0 Å². The van der Waals surface area contributed by atoms with Gasteiger partial charge in [0.15, 0.2) is 0 Å². The second-order valence-corrected chi connectivity index (χ2v) is 15.1. The third-order valence-electron chi connectivity index (χ3n) is 10.3. The van der Waals surface area contributed by atoms with Crippen molar-refractivity contribution in [3.05, 3.63) is 210 Å². The SMILES string of the molecule is c1ccc(N(c2ccc(C3(c4ccccc4)c4ccccc4-c4ccccc43)cc2)c2ccc3c(ccc4c5ccccc5[se]c34)c2)cc1. The summed E-state index contributed by atoms with van der Waals surface area (Å²) in [5.74, 6) is 0. The Morgan fingerprint density at radius 1 is 0.388 bits per heavy atom. The van der Waals surface area contributed by atoms with Crippen LogP contribution in [0.2, 0.25) is 0 Å². The number of benzene rings is 8. The Morgan fingerprint density at radius 2 is 0.939 bits per heavy atom. The molecule has 8 aromatic carbocycles. The first kappa shape index (κ1) is 28.4. The van der Waals surface area contributed by atoms with Gasteiger partial charge in [-0.2, -0.15) is 0 Å². The van der Waals surface area contributed by atoms with Gasteiger partial charge in [-0.25, -0.2) is 0 Å². The fourth-order valence-corrected chi connectivity index (χ4v) is 10.8. The van der Waals surface area contributed by atoms with Gasteiger partial charge in [-0.05, 0) is 11.1 Å². The van der Waals surface area contributed by atoms with E-state index in [4.69, 9.17) is 0 Å². The molecule has 1 aliphatic rings. The van der Waals surface area contributed by atoms with Gasteiger partial charge in [-0.3, -0.25) is 0 Å². The standard InChI is InChI=1S/C47H31NSe/c1-3-13-33(14-4-1)47(43-20-10-7-17-39(43)40-18-8-11-21-44(40)47)34-24-26-36(27-25-34)48(35-15-5-2-6-16-35)37-28-30-38-32(31-37)23-29-42-41-19-9-12-22-45(41)49-46(38)42/h1-31H. The van der Waals surface area contributed by atoms with E-state index < -0.39 is 5.41 Å². The first-order valence-electron chi connectivity index (χ1n) is 16.9. The molecule has 1 heterocycles. The first-order valence-corrected chi connectivity index (χ1v) is 18.6. The van der Waals surface area contributed by atoms with Crippen molar-refractivity contribution >= 4 is 61.6 Å². The molecular formula is C47H31NSe. The maximum absolute atomic E-state index is 2.39. The van der Waals surface area contributed by atoms with Gasteiger partial charge in [0, 0.05) is 0 Å². The van der Waals surface area contributed by atoms with Crippen LogP contribution in [0.15, 0.2) is 188 Å². The molecule has 0 unspecified atom stereocenters. The summed E-state index contributed by atoms with van der Waals surface area (Å²) in [5, 5.41) is 5.44. The fraction of sp³-hybridized carbons (Fsp3) is 0.0213. The normalized spacial score (nSPS) is 13.1. The average Bonchev–Trinajstić information content (AvgIpc) is 3.70. The third-order valence-corrected chi connectivity index (χ3v) is 12.9. The second kappa shape index (κ2) is 11.2. The molecule has 0 saturated carbocycles. The summed E-state index contributed by atoms with van der Waals surface area (Å²) in [6.07, 6.45) is 0. The van der Waals surface area contributed by atoms with E-state index in [2.05, 4.69) is 193 Å². The van der Waals surface area contributed by atoms with Gasteiger partial charge in [0.1, 0.15) is 0 Å². The van der Waals surface area contributed by atoms with Crippen molar-refractivity contribution < 1.29 is 0 Å². The van der Waals surface area contributed by atoms with Gasteiger partial charge in [-0.15, -0.1) is 0 Å². The zero-order valence-corrected chi connectivity index (χ0v) is 28.5. The number of hydrogen-bond acceptors (Lipinski definition) is 1. The molecule has 2 heteroatoms. The molecule has 0 fully saturated rings. The van der Waals surface area contributed by atoms with Crippen molar-refractivity contribution in [2.75, 3.05) is 4.90 Å². The minimum atomic E-state index is -0.410. The zero-order valence-electron chi connectivity index (χ0n) is 26.8. The molecule has 0 N–H and O–H groups in total. The van der Waals surface area contributed by atoms with Gasteiger partial charge >= 0.3 is 203 Å². The van der Waals surface area contributed by atoms with Gasteiger partial charge in [0.25, 0.3) is 0 Å². The van der Waals surface area contributed by atoms with E-state index in [1.165, 1.54) is 63.4 Å².